The third kappa shape index (κ3) is 4.40. The zero-order chi connectivity index (χ0) is 19.8. The summed E-state index contributed by atoms with van der Waals surface area (Å²) in [6.45, 7) is 14.6. The predicted molar refractivity (Wildman–Crippen MR) is 119 cm³/mol. The van der Waals surface area contributed by atoms with Gasteiger partial charge in [0.15, 0.2) is 8.32 Å². The van der Waals surface area contributed by atoms with Crippen LogP contribution in [0.4, 0.5) is 5.82 Å². The summed E-state index contributed by atoms with van der Waals surface area (Å²) in [5.74, 6) is 0.911. The van der Waals surface area contributed by atoms with Crippen molar-refractivity contribution in [3.63, 3.8) is 0 Å². The summed E-state index contributed by atoms with van der Waals surface area (Å²) >= 11 is 3.61. The van der Waals surface area contributed by atoms with Crippen molar-refractivity contribution in [1.82, 2.24) is 14.8 Å². The summed E-state index contributed by atoms with van der Waals surface area (Å²) in [7, 11) is -1.70. The molecule has 0 aromatic carbocycles. The van der Waals surface area contributed by atoms with Gasteiger partial charge in [0.25, 0.3) is 0 Å². The zero-order valence-corrected chi connectivity index (χ0v) is 20.1. The molecular formula is C20H33BrN4OSi. The van der Waals surface area contributed by atoms with Crippen LogP contribution in [-0.2, 0) is 4.43 Å². The van der Waals surface area contributed by atoms with Gasteiger partial charge in [0.05, 0.1) is 16.9 Å². The molecule has 1 aliphatic carbocycles. The van der Waals surface area contributed by atoms with Crippen molar-refractivity contribution in [1.29, 1.82) is 0 Å². The normalized spacial score (nSPS) is 21.6. The molecule has 1 aliphatic rings. The van der Waals surface area contributed by atoms with Crippen LogP contribution < -0.4 is 5.32 Å². The van der Waals surface area contributed by atoms with Gasteiger partial charge in [-0.1, -0.05) is 20.8 Å². The van der Waals surface area contributed by atoms with Crippen LogP contribution in [0.3, 0.4) is 0 Å². The van der Waals surface area contributed by atoms with Crippen LogP contribution in [0.25, 0.3) is 10.9 Å². The molecule has 7 heteroatoms. The number of anilines is 1. The van der Waals surface area contributed by atoms with Crippen LogP contribution in [-0.4, -0.2) is 35.7 Å². The molecule has 2 heterocycles. The van der Waals surface area contributed by atoms with Crippen molar-refractivity contribution in [3.8, 4) is 0 Å². The standard InChI is InChI=1S/C20H33BrN4OSi/c1-7-22-18-12-17-16(13-23-18)19(21)24-25(17)14-8-10-15(11-9-14)26-27(5,6)20(2,3)4/h12-15H,7-11H2,1-6H3,(H,22,23)/t14-,15-. The maximum absolute atomic E-state index is 6.65. The Hall–Kier alpha value is -0.923. The Morgan fingerprint density at radius 1 is 1.26 bits per heavy atom. The van der Waals surface area contributed by atoms with Gasteiger partial charge in [-0.05, 0) is 66.7 Å². The lowest BCUT2D eigenvalue weighted by atomic mass is 9.93. The van der Waals surface area contributed by atoms with Gasteiger partial charge in [-0.3, -0.25) is 4.68 Å². The Balaban J connectivity index is 1.73. The van der Waals surface area contributed by atoms with Gasteiger partial charge in [-0.15, -0.1) is 0 Å². The Labute approximate surface area is 172 Å². The lowest BCUT2D eigenvalue weighted by molar-refractivity contribution is 0.116. The van der Waals surface area contributed by atoms with E-state index >= 15 is 0 Å². The number of hydrogen-bond acceptors (Lipinski definition) is 4. The molecule has 2 aromatic heterocycles. The molecular weight excluding hydrogens is 420 g/mol. The fourth-order valence-corrected chi connectivity index (χ4v) is 5.45. The quantitative estimate of drug-likeness (QED) is 0.553. The average molecular weight is 454 g/mol. The number of rotatable bonds is 5. The maximum atomic E-state index is 6.65. The van der Waals surface area contributed by atoms with Crippen molar-refractivity contribution in [2.24, 2.45) is 0 Å². The van der Waals surface area contributed by atoms with Crippen LogP contribution >= 0.6 is 15.9 Å². The van der Waals surface area contributed by atoms with Crippen molar-refractivity contribution < 1.29 is 4.43 Å². The highest BCUT2D eigenvalue weighted by atomic mass is 79.9. The van der Waals surface area contributed by atoms with E-state index in [4.69, 9.17) is 9.52 Å². The largest absolute Gasteiger partial charge is 0.414 e. The van der Waals surface area contributed by atoms with E-state index in [2.05, 4.69) is 77.8 Å². The summed E-state index contributed by atoms with van der Waals surface area (Å²) in [6.07, 6.45) is 6.75. The fourth-order valence-electron chi connectivity index (χ4n) is 3.55. The number of aromatic nitrogens is 3. The molecule has 0 atom stereocenters. The molecule has 2 aromatic rings. The highest BCUT2D eigenvalue weighted by Crippen LogP contribution is 2.41. The van der Waals surface area contributed by atoms with Crippen LogP contribution in [0, 0.1) is 0 Å². The predicted octanol–water partition coefficient (Wildman–Crippen LogP) is 6.13. The molecule has 0 aliphatic heterocycles. The Morgan fingerprint density at radius 2 is 1.93 bits per heavy atom. The third-order valence-corrected chi connectivity index (χ3v) is 11.3. The van der Waals surface area contributed by atoms with Crippen molar-refractivity contribution >= 4 is 41.0 Å². The Morgan fingerprint density at radius 3 is 2.52 bits per heavy atom. The Bertz CT molecular complexity index is 791. The lowest BCUT2D eigenvalue weighted by Gasteiger charge is -2.41. The van der Waals surface area contributed by atoms with Crippen LogP contribution in [0.1, 0.15) is 59.4 Å². The van der Waals surface area contributed by atoms with Gasteiger partial charge in [0.1, 0.15) is 10.4 Å². The SMILES string of the molecule is CCNc1cc2c(cn1)c(Br)nn2[C@H]1CC[C@H](O[Si](C)(C)C(C)(C)C)CC1. The first-order valence-electron chi connectivity index (χ1n) is 10.1. The minimum atomic E-state index is -1.70. The second kappa shape index (κ2) is 7.83. The number of nitrogens with zero attached hydrogens (tertiary/aromatic N) is 3. The van der Waals surface area contributed by atoms with E-state index in [-0.39, 0.29) is 5.04 Å². The molecule has 0 radical (unpaired) electrons. The minimum Gasteiger partial charge on any atom is -0.414 e. The van der Waals surface area contributed by atoms with Crippen LogP contribution in [0.15, 0.2) is 16.9 Å². The maximum Gasteiger partial charge on any atom is 0.192 e. The van der Waals surface area contributed by atoms with E-state index in [9.17, 15) is 0 Å². The molecule has 0 saturated heterocycles. The highest BCUT2D eigenvalue weighted by Gasteiger charge is 2.40. The zero-order valence-electron chi connectivity index (χ0n) is 17.5. The van der Waals surface area contributed by atoms with Crippen LogP contribution in [0.5, 0.6) is 0 Å². The Kier molecular flexibility index (Phi) is 6.04. The molecule has 0 unspecified atom stereocenters. The number of halogens is 1. The van der Waals surface area contributed by atoms with Gasteiger partial charge in [0.2, 0.25) is 0 Å². The van der Waals surface area contributed by atoms with E-state index in [0.29, 0.717) is 12.1 Å². The summed E-state index contributed by atoms with van der Waals surface area (Å²) in [5.41, 5.74) is 1.15. The number of hydrogen-bond donors (Lipinski definition) is 1. The molecule has 3 rings (SSSR count). The molecule has 27 heavy (non-hydrogen) atoms. The minimum absolute atomic E-state index is 0.266. The second-order valence-electron chi connectivity index (χ2n) is 9.16. The summed E-state index contributed by atoms with van der Waals surface area (Å²) < 4.78 is 9.73. The van der Waals surface area contributed by atoms with Crippen LogP contribution in [0.2, 0.25) is 18.1 Å². The monoisotopic (exact) mass is 452 g/mol. The molecule has 1 saturated carbocycles. The highest BCUT2D eigenvalue weighted by molar-refractivity contribution is 9.10. The number of pyridine rings is 1. The first-order chi connectivity index (χ1) is 12.6. The molecule has 1 fully saturated rings. The average Bonchev–Trinajstić information content (AvgIpc) is 2.91. The van der Waals surface area contributed by atoms with Gasteiger partial charge < -0.3 is 9.74 Å². The van der Waals surface area contributed by atoms with Gasteiger partial charge in [0, 0.05) is 24.9 Å². The van der Waals surface area contributed by atoms with Crippen molar-refractivity contribution in [2.45, 2.75) is 83.7 Å². The first kappa shape index (κ1) is 20.8. The smallest absolute Gasteiger partial charge is 0.192 e. The molecule has 0 amide bonds. The van der Waals surface area contributed by atoms with E-state index in [1.54, 1.807) is 0 Å². The third-order valence-electron chi connectivity index (χ3n) is 6.16. The van der Waals surface area contributed by atoms with E-state index in [0.717, 1.165) is 53.6 Å². The van der Waals surface area contributed by atoms with Gasteiger partial charge >= 0.3 is 0 Å². The molecule has 5 nitrogen and oxygen atoms in total. The fraction of sp³-hybridized carbons (Fsp3) is 0.700. The summed E-state index contributed by atoms with van der Waals surface area (Å²) in [6, 6.07) is 2.55. The topological polar surface area (TPSA) is 52.0 Å². The van der Waals surface area contributed by atoms with Gasteiger partial charge in [-0.25, -0.2) is 4.98 Å². The van der Waals surface area contributed by atoms with Gasteiger partial charge in [-0.2, -0.15) is 5.10 Å². The van der Waals surface area contributed by atoms with Crippen molar-refractivity contribution in [2.75, 3.05) is 11.9 Å². The molecule has 150 valence electrons. The molecule has 0 spiro atoms. The summed E-state index contributed by atoms with van der Waals surface area (Å²) in [5, 5.41) is 9.44. The van der Waals surface area contributed by atoms with E-state index in [1.165, 1.54) is 0 Å². The second-order valence-corrected chi connectivity index (χ2v) is 14.7. The van der Waals surface area contributed by atoms with E-state index < -0.39 is 8.32 Å². The molecule has 1 N–H and O–H groups in total. The van der Waals surface area contributed by atoms with Crippen molar-refractivity contribution in [3.05, 3.63) is 16.9 Å². The number of nitrogens with one attached hydrogen (secondary N) is 1. The number of fused-ring (bicyclic) bond motifs is 1. The summed E-state index contributed by atoms with van der Waals surface area (Å²) in [4.78, 5) is 4.48. The lowest BCUT2D eigenvalue weighted by Crippen LogP contribution is -2.44. The van der Waals surface area contributed by atoms with E-state index in [1.807, 2.05) is 6.20 Å². The molecule has 0 bridgehead atoms. The first-order valence-corrected chi connectivity index (χ1v) is 13.8.